The molecule has 0 N–H and O–H groups in total. The second kappa shape index (κ2) is 7.45. The van der Waals surface area contributed by atoms with Crippen molar-refractivity contribution in [2.24, 2.45) is 7.05 Å². The molecule has 0 amide bonds. The number of carbonyl (C=O) groups is 2. The average Bonchev–Trinajstić information content (AvgIpc) is 2.91. The van der Waals surface area contributed by atoms with Crippen molar-refractivity contribution < 1.29 is 14.3 Å². The van der Waals surface area contributed by atoms with Crippen LogP contribution in [0.15, 0.2) is 65.5 Å². The summed E-state index contributed by atoms with van der Waals surface area (Å²) in [6.07, 6.45) is -1.07. The van der Waals surface area contributed by atoms with Crippen molar-refractivity contribution in [1.82, 2.24) is 9.36 Å². The van der Waals surface area contributed by atoms with E-state index in [1.54, 1.807) is 61.1 Å². The van der Waals surface area contributed by atoms with Crippen LogP contribution in [0.4, 0.5) is 0 Å². The number of aromatic nitrogens is 2. The topological polar surface area (TPSA) is 70.3 Å². The smallest absolute Gasteiger partial charge is 0.338 e. The number of nitrogens with zero attached hydrogens (tertiary/aromatic N) is 2. The lowest BCUT2D eigenvalue weighted by Crippen LogP contribution is -2.30. The average molecular weight is 364 g/mol. The van der Waals surface area contributed by atoms with Gasteiger partial charge in [0.1, 0.15) is 5.56 Å². The molecule has 1 aromatic heterocycles. The van der Waals surface area contributed by atoms with Crippen LogP contribution in [0.25, 0.3) is 5.69 Å². The normalized spacial score (nSPS) is 11.8. The van der Waals surface area contributed by atoms with Gasteiger partial charge in [0.15, 0.2) is 6.10 Å². The van der Waals surface area contributed by atoms with Crippen LogP contribution in [0.3, 0.4) is 0 Å². The van der Waals surface area contributed by atoms with Gasteiger partial charge in [-0.05, 0) is 38.1 Å². The number of benzene rings is 2. The van der Waals surface area contributed by atoms with E-state index < -0.39 is 23.4 Å². The summed E-state index contributed by atoms with van der Waals surface area (Å²) in [7, 11) is 1.71. The van der Waals surface area contributed by atoms with Crippen LogP contribution < -0.4 is 5.56 Å². The Morgan fingerprint density at radius 3 is 2.11 bits per heavy atom. The molecule has 27 heavy (non-hydrogen) atoms. The van der Waals surface area contributed by atoms with Gasteiger partial charge >= 0.3 is 5.97 Å². The number of hydrogen-bond acceptors (Lipinski definition) is 4. The zero-order valence-corrected chi connectivity index (χ0v) is 15.4. The van der Waals surface area contributed by atoms with Crippen LogP contribution in [0.1, 0.15) is 33.3 Å². The fraction of sp³-hybridized carbons (Fsp3) is 0.190. The van der Waals surface area contributed by atoms with E-state index in [2.05, 4.69) is 0 Å². The Bertz CT molecular complexity index is 1030. The number of Topliss-reactive ketones (excluding diaryl/α,β-unsaturated/α-hetero) is 1. The largest absolute Gasteiger partial charge is 0.451 e. The van der Waals surface area contributed by atoms with E-state index in [0.717, 1.165) is 0 Å². The fourth-order valence-electron chi connectivity index (χ4n) is 2.91. The van der Waals surface area contributed by atoms with Gasteiger partial charge in [-0.2, -0.15) is 0 Å². The lowest BCUT2D eigenvalue weighted by molar-refractivity contribution is 0.0318. The third kappa shape index (κ3) is 3.46. The van der Waals surface area contributed by atoms with E-state index in [1.165, 1.54) is 11.6 Å². The van der Waals surface area contributed by atoms with Crippen LogP contribution in [0.2, 0.25) is 0 Å². The maximum atomic E-state index is 12.9. The maximum absolute atomic E-state index is 12.9. The first-order valence-electron chi connectivity index (χ1n) is 8.56. The Morgan fingerprint density at radius 1 is 0.963 bits per heavy atom. The van der Waals surface area contributed by atoms with E-state index in [0.29, 0.717) is 16.9 Å². The highest BCUT2D eigenvalue weighted by Crippen LogP contribution is 2.14. The Kier molecular flexibility index (Phi) is 5.07. The minimum absolute atomic E-state index is 0.0229. The zero-order chi connectivity index (χ0) is 19.6. The molecule has 6 heteroatoms. The summed E-state index contributed by atoms with van der Waals surface area (Å²) in [6, 6.07) is 17.5. The van der Waals surface area contributed by atoms with E-state index in [1.807, 2.05) is 18.2 Å². The molecule has 0 saturated heterocycles. The number of esters is 1. The molecule has 0 spiro atoms. The predicted molar refractivity (Wildman–Crippen MR) is 101 cm³/mol. The van der Waals surface area contributed by atoms with Gasteiger partial charge in [0, 0.05) is 12.7 Å². The van der Waals surface area contributed by atoms with Gasteiger partial charge in [-0.1, -0.05) is 36.4 Å². The van der Waals surface area contributed by atoms with Crippen LogP contribution in [0, 0.1) is 6.92 Å². The third-order valence-corrected chi connectivity index (χ3v) is 4.46. The van der Waals surface area contributed by atoms with Gasteiger partial charge < -0.3 is 4.74 Å². The maximum Gasteiger partial charge on any atom is 0.338 e. The minimum atomic E-state index is -1.07. The van der Waals surface area contributed by atoms with Crippen molar-refractivity contribution in [3.63, 3.8) is 0 Å². The predicted octanol–water partition coefficient (Wildman–Crippen LogP) is 2.91. The number of para-hydroxylation sites is 1. The summed E-state index contributed by atoms with van der Waals surface area (Å²) in [5.74, 6) is -1.12. The third-order valence-electron chi connectivity index (χ3n) is 4.46. The first kappa shape index (κ1) is 18.4. The van der Waals surface area contributed by atoms with Crippen molar-refractivity contribution >= 4 is 11.8 Å². The number of ketones is 1. The Hall–Kier alpha value is -3.41. The highest BCUT2D eigenvalue weighted by atomic mass is 16.5. The fourth-order valence-corrected chi connectivity index (χ4v) is 2.91. The molecule has 0 saturated carbocycles. The van der Waals surface area contributed by atoms with Crippen LogP contribution >= 0.6 is 0 Å². The molecule has 3 rings (SSSR count). The molecule has 1 heterocycles. The zero-order valence-electron chi connectivity index (χ0n) is 15.4. The van der Waals surface area contributed by atoms with Crippen LogP contribution in [-0.2, 0) is 11.8 Å². The van der Waals surface area contributed by atoms with E-state index in [-0.39, 0.29) is 5.56 Å². The van der Waals surface area contributed by atoms with Crippen LogP contribution in [0.5, 0.6) is 0 Å². The molecule has 0 radical (unpaired) electrons. The highest BCUT2D eigenvalue weighted by Gasteiger charge is 2.28. The molecule has 2 aromatic carbocycles. The summed E-state index contributed by atoms with van der Waals surface area (Å²) in [4.78, 5) is 37.9. The molecule has 0 aliphatic carbocycles. The van der Waals surface area contributed by atoms with Gasteiger partial charge in [-0.3, -0.25) is 14.3 Å². The van der Waals surface area contributed by atoms with Gasteiger partial charge in [0.2, 0.25) is 5.78 Å². The quantitative estimate of drug-likeness (QED) is 0.516. The van der Waals surface area contributed by atoms with Gasteiger partial charge in [0.25, 0.3) is 5.56 Å². The van der Waals surface area contributed by atoms with Crippen molar-refractivity contribution in [3.8, 4) is 5.69 Å². The SMILES string of the molecule is Cc1c(C(=O)C(C)OC(=O)c2ccccc2)c(=O)n(-c2ccccc2)n1C. The van der Waals surface area contributed by atoms with Crippen molar-refractivity contribution in [3.05, 3.63) is 87.8 Å². The molecular weight excluding hydrogens is 344 g/mol. The molecule has 138 valence electrons. The van der Waals surface area contributed by atoms with Gasteiger partial charge in [-0.15, -0.1) is 0 Å². The van der Waals surface area contributed by atoms with E-state index >= 15 is 0 Å². The number of hydrogen-bond donors (Lipinski definition) is 0. The van der Waals surface area contributed by atoms with Crippen molar-refractivity contribution in [1.29, 1.82) is 0 Å². The molecule has 1 atom stereocenters. The highest BCUT2D eigenvalue weighted by molar-refractivity contribution is 6.02. The summed E-state index contributed by atoms with van der Waals surface area (Å²) in [5, 5.41) is 0. The van der Waals surface area contributed by atoms with E-state index in [9.17, 15) is 14.4 Å². The Morgan fingerprint density at radius 2 is 1.52 bits per heavy atom. The standard InChI is InChI=1S/C21H20N2O4/c1-14-18(20(25)23(22(14)3)17-12-8-5-9-13-17)19(24)15(2)27-21(26)16-10-6-4-7-11-16/h4-13,15H,1-3H3. The molecule has 0 fully saturated rings. The van der Waals surface area contributed by atoms with Gasteiger partial charge in [0.05, 0.1) is 11.3 Å². The van der Waals surface area contributed by atoms with Crippen molar-refractivity contribution in [2.45, 2.75) is 20.0 Å². The Balaban J connectivity index is 1.91. The summed E-state index contributed by atoms with van der Waals surface area (Å²) < 4.78 is 8.32. The molecule has 6 nitrogen and oxygen atoms in total. The number of ether oxygens (including phenoxy) is 1. The summed E-state index contributed by atoms with van der Waals surface area (Å²) in [6.45, 7) is 3.17. The molecule has 0 aliphatic heterocycles. The van der Waals surface area contributed by atoms with E-state index in [4.69, 9.17) is 4.74 Å². The number of rotatable bonds is 5. The second-order valence-corrected chi connectivity index (χ2v) is 6.21. The van der Waals surface area contributed by atoms with Crippen LogP contribution in [-0.4, -0.2) is 27.2 Å². The number of carbonyl (C=O) groups excluding carboxylic acids is 2. The second-order valence-electron chi connectivity index (χ2n) is 6.21. The molecule has 0 aliphatic rings. The summed E-state index contributed by atoms with van der Waals surface area (Å²) >= 11 is 0. The lowest BCUT2D eigenvalue weighted by atomic mass is 10.1. The molecular formula is C21H20N2O4. The van der Waals surface area contributed by atoms with Crippen molar-refractivity contribution in [2.75, 3.05) is 0 Å². The summed E-state index contributed by atoms with van der Waals surface area (Å²) in [5.41, 5.74) is 1.10. The first-order valence-corrected chi connectivity index (χ1v) is 8.56. The molecule has 3 aromatic rings. The lowest BCUT2D eigenvalue weighted by Gasteiger charge is -2.11. The minimum Gasteiger partial charge on any atom is -0.451 e. The Labute approximate surface area is 156 Å². The monoisotopic (exact) mass is 364 g/mol. The van der Waals surface area contributed by atoms with Gasteiger partial charge in [-0.25, -0.2) is 9.48 Å². The molecule has 0 bridgehead atoms. The molecule has 1 unspecified atom stereocenters. The first-order chi connectivity index (χ1) is 12.9.